The van der Waals surface area contributed by atoms with E-state index in [9.17, 15) is 4.79 Å². The highest BCUT2D eigenvalue weighted by atomic mass is 16.2. The number of piperazine rings is 1. The molecule has 0 radical (unpaired) electrons. The van der Waals surface area contributed by atoms with Gasteiger partial charge in [-0.05, 0) is 32.0 Å². The Labute approximate surface area is 149 Å². The topological polar surface area (TPSA) is 53.4 Å². The Hall–Kier alpha value is -2.34. The molecule has 6 heteroatoms. The summed E-state index contributed by atoms with van der Waals surface area (Å²) in [5, 5.41) is 7.60. The average Bonchev–Trinajstić information content (AvgIpc) is 3.14. The van der Waals surface area contributed by atoms with E-state index in [0.29, 0.717) is 0 Å². The molecule has 1 amide bonds. The van der Waals surface area contributed by atoms with Gasteiger partial charge in [-0.3, -0.25) is 9.48 Å². The number of carbonyl (C=O) groups excluding carboxylic acids is 1. The van der Waals surface area contributed by atoms with E-state index in [2.05, 4.69) is 46.5 Å². The lowest BCUT2D eigenvalue weighted by atomic mass is 10.2. The maximum atomic E-state index is 12.7. The van der Waals surface area contributed by atoms with Gasteiger partial charge in [0.05, 0.1) is 12.6 Å². The maximum absolute atomic E-state index is 12.7. The molecule has 0 aliphatic carbocycles. The zero-order valence-electron chi connectivity index (χ0n) is 15.0. The summed E-state index contributed by atoms with van der Waals surface area (Å²) in [6, 6.07) is 12.3. The van der Waals surface area contributed by atoms with Gasteiger partial charge in [-0.1, -0.05) is 18.2 Å². The first-order valence-electron chi connectivity index (χ1n) is 8.96. The minimum Gasteiger partial charge on any atom is -0.368 e. The SMILES string of the molecule is C[C@H](Cn1cccn1)N[C@@H](C)C(=O)N1CCN(c2ccccc2)CC1. The average molecular weight is 341 g/mol. The highest BCUT2D eigenvalue weighted by molar-refractivity contribution is 5.81. The summed E-state index contributed by atoms with van der Waals surface area (Å²) in [4.78, 5) is 17.0. The summed E-state index contributed by atoms with van der Waals surface area (Å²) in [6.45, 7) is 8.09. The maximum Gasteiger partial charge on any atom is 0.239 e. The second-order valence-corrected chi connectivity index (χ2v) is 6.67. The number of aromatic nitrogens is 2. The second-order valence-electron chi connectivity index (χ2n) is 6.67. The van der Waals surface area contributed by atoms with Gasteiger partial charge >= 0.3 is 0 Å². The van der Waals surface area contributed by atoms with Crippen molar-refractivity contribution in [1.29, 1.82) is 0 Å². The molecule has 134 valence electrons. The number of para-hydroxylation sites is 1. The van der Waals surface area contributed by atoms with Crippen LogP contribution in [0, 0.1) is 0 Å². The highest BCUT2D eigenvalue weighted by Crippen LogP contribution is 2.16. The zero-order valence-corrected chi connectivity index (χ0v) is 15.0. The van der Waals surface area contributed by atoms with Crippen LogP contribution in [0.2, 0.25) is 0 Å². The standard InChI is InChI=1S/C19H27N5O/c1-16(15-24-10-6-9-20-24)21-17(2)19(25)23-13-11-22(12-14-23)18-7-4-3-5-8-18/h3-10,16-17,21H,11-15H2,1-2H3/t16-,17+/m1/s1. The third-order valence-electron chi connectivity index (χ3n) is 4.64. The summed E-state index contributed by atoms with van der Waals surface area (Å²) in [5.41, 5.74) is 1.23. The number of anilines is 1. The van der Waals surface area contributed by atoms with Crippen molar-refractivity contribution in [3.8, 4) is 0 Å². The van der Waals surface area contributed by atoms with Gasteiger partial charge in [-0.15, -0.1) is 0 Å². The van der Waals surface area contributed by atoms with E-state index < -0.39 is 0 Å². The van der Waals surface area contributed by atoms with Gasteiger partial charge in [0.1, 0.15) is 0 Å². The van der Waals surface area contributed by atoms with Gasteiger partial charge in [-0.2, -0.15) is 5.10 Å². The Morgan fingerprint density at radius 1 is 1.12 bits per heavy atom. The lowest BCUT2D eigenvalue weighted by Crippen LogP contribution is -2.54. The molecule has 0 saturated carbocycles. The normalized spacial score (nSPS) is 17.4. The van der Waals surface area contributed by atoms with Crippen molar-refractivity contribution < 1.29 is 4.79 Å². The molecule has 1 aliphatic rings. The molecule has 6 nitrogen and oxygen atoms in total. The van der Waals surface area contributed by atoms with Crippen LogP contribution in [0.4, 0.5) is 5.69 Å². The van der Waals surface area contributed by atoms with Crippen molar-refractivity contribution in [2.24, 2.45) is 0 Å². The molecular formula is C19H27N5O. The highest BCUT2D eigenvalue weighted by Gasteiger charge is 2.25. The lowest BCUT2D eigenvalue weighted by Gasteiger charge is -2.37. The third-order valence-corrected chi connectivity index (χ3v) is 4.64. The predicted octanol–water partition coefficient (Wildman–Crippen LogP) is 1.60. The van der Waals surface area contributed by atoms with Crippen LogP contribution >= 0.6 is 0 Å². The van der Waals surface area contributed by atoms with Crippen LogP contribution in [-0.2, 0) is 11.3 Å². The summed E-state index contributed by atoms with van der Waals surface area (Å²) in [6.07, 6.45) is 3.71. The minimum absolute atomic E-state index is 0.181. The Morgan fingerprint density at radius 3 is 2.48 bits per heavy atom. The van der Waals surface area contributed by atoms with Crippen LogP contribution in [0.25, 0.3) is 0 Å². The minimum atomic E-state index is -0.186. The van der Waals surface area contributed by atoms with Crippen LogP contribution in [-0.4, -0.2) is 58.9 Å². The van der Waals surface area contributed by atoms with E-state index >= 15 is 0 Å². The fourth-order valence-electron chi connectivity index (χ4n) is 3.34. The quantitative estimate of drug-likeness (QED) is 0.867. The molecular weight excluding hydrogens is 314 g/mol. The molecule has 1 aromatic carbocycles. The van der Waals surface area contributed by atoms with E-state index in [0.717, 1.165) is 32.7 Å². The summed E-state index contributed by atoms with van der Waals surface area (Å²) < 4.78 is 1.88. The Kier molecular flexibility index (Phi) is 5.71. The second kappa shape index (κ2) is 8.16. The van der Waals surface area contributed by atoms with Gasteiger partial charge in [0.25, 0.3) is 0 Å². The Balaban J connectivity index is 1.46. The monoisotopic (exact) mass is 341 g/mol. The van der Waals surface area contributed by atoms with Crippen LogP contribution in [0.5, 0.6) is 0 Å². The van der Waals surface area contributed by atoms with E-state index in [-0.39, 0.29) is 18.0 Å². The molecule has 1 aliphatic heterocycles. The van der Waals surface area contributed by atoms with Crippen molar-refractivity contribution >= 4 is 11.6 Å². The molecule has 0 unspecified atom stereocenters. The number of carbonyl (C=O) groups is 1. The fraction of sp³-hybridized carbons (Fsp3) is 0.474. The molecule has 1 fully saturated rings. The first-order chi connectivity index (χ1) is 12.1. The number of amides is 1. The Morgan fingerprint density at radius 2 is 1.84 bits per heavy atom. The first kappa shape index (κ1) is 17.5. The van der Waals surface area contributed by atoms with E-state index in [1.807, 2.05) is 34.8 Å². The fourth-order valence-corrected chi connectivity index (χ4v) is 3.34. The summed E-state index contributed by atoms with van der Waals surface area (Å²) in [5.74, 6) is 0.181. The number of hydrogen-bond acceptors (Lipinski definition) is 4. The van der Waals surface area contributed by atoms with Crippen molar-refractivity contribution in [2.75, 3.05) is 31.1 Å². The van der Waals surface area contributed by atoms with Gasteiger partial charge in [0.2, 0.25) is 5.91 Å². The number of benzene rings is 1. The number of rotatable bonds is 6. The molecule has 25 heavy (non-hydrogen) atoms. The first-order valence-corrected chi connectivity index (χ1v) is 8.96. The number of hydrogen-bond donors (Lipinski definition) is 1. The van der Waals surface area contributed by atoms with E-state index in [1.54, 1.807) is 6.20 Å². The van der Waals surface area contributed by atoms with Gasteiger partial charge < -0.3 is 15.1 Å². The third kappa shape index (κ3) is 4.60. The Bertz CT molecular complexity index is 650. The largest absolute Gasteiger partial charge is 0.368 e. The molecule has 0 spiro atoms. The zero-order chi connectivity index (χ0) is 17.6. The van der Waals surface area contributed by atoms with E-state index in [4.69, 9.17) is 0 Å². The predicted molar refractivity (Wildman–Crippen MR) is 99.5 cm³/mol. The van der Waals surface area contributed by atoms with Gasteiger partial charge in [0.15, 0.2) is 0 Å². The van der Waals surface area contributed by atoms with Crippen LogP contribution in [0.15, 0.2) is 48.8 Å². The molecule has 1 saturated heterocycles. The van der Waals surface area contributed by atoms with Crippen LogP contribution < -0.4 is 10.2 Å². The number of nitrogens with zero attached hydrogens (tertiary/aromatic N) is 4. The van der Waals surface area contributed by atoms with Crippen molar-refractivity contribution in [3.05, 3.63) is 48.8 Å². The van der Waals surface area contributed by atoms with Crippen molar-refractivity contribution in [3.63, 3.8) is 0 Å². The summed E-state index contributed by atoms with van der Waals surface area (Å²) >= 11 is 0. The van der Waals surface area contributed by atoms with Crippen LogP contribution in [0.3, 0.4) is 0 Å². The lowest BCUT2D eigenvalue weighted by molar-refractivity contribution is -0.133. The molecule has 1 N–H and O–H groups in total. The summed E-state index contributed by atoms with van der Waals surface area (Å²) in [7, 11) is 0. The van der Waals surface area contributed by atoms with Gasteiger partial charge in [-0.25, -0.2) is 0 Å². The molecule has 2 atom stereocenters. The smallest absolute Gasteiger partial charge is 0.239 e. The molecule has 2 aromatic rings. The molecule has 0 bridgehead atoms. The van der Waals surface area contributed by atoms with Crippen LogP contribution in [0.1, 0.15) is 13.8 Å². The number of nitrogens with one attached hydrogen (secondary N) is 1. The van der Waals surface area contributed by atoms with Crippen molar-refractivity contribution in [2.45, 2.75) is 32.5 Å². The molecule has 2 heterocycles. The van der Waals surface area contributed by atoms with Crippen molar-refractivity contribution in [1.82, 2.24) is 20.0 Å². The van der Waals surface area contributed by atoms with E-state index in [1.165, 1.54) is 5.69 Å². The van der Waals surface area contributed by atoms with Gasteiger partial charge in [0, 0.05) is 50.3 Å². The molecule has 3 rings (SSSR count). The molecule has 1 aromatic heterocycles.